The number of imidazole rings is 1. The van der Waals surface area contributed by atoms with Gasteiger partial charge < -0.3 is 4.57 Å². The van der Waals surface area contributed by atoms with E-state index in [1.165, 1.54) is 17.5 Å². The molecule has 0 radical (unpaired) electrons. The number of hydrogen-bond donors (Lipinski definition) is 0. The van der Waals surface area contributed by atoms with Crippen molar-refractivity contribution in [3.8, 4) is 21.3 Å². The number of aromatic nitrogens is 4. The number of thioether (sulfide) groups is 1. The number of aryl methyl sites for hydroxylation is 2. The van der Waals surface area contributed by atoms with E-state index in [-0.39, 0.29) is 5.52 Å². The van der Waals surface area contributed by atoms with Crippen LogP contribution in [0.25, 0.3) is 32.3 Å². The molecular weight excluding hydrogens is 417 g/mol. The van der Waals surface area contributed by atoms with Gasteiger partial charge in [0, 0.05) is 12.6 Å². The molecule has 1 aromatic carbocycles. The molecule has 4 aromatic rings. The van der Waals surface area contributed by atoms with Gasteiger partial charge in [-0.25, -0.2) is 15.0 Å². The van der Waals surface area contributed by atoms with Crippen LogP contribution in [0.5, 0.6) is 0 Å². The summed E-state index contributed by atoms with van der Waals surface area (Å²) in [6, 6.07) is 9.10. The van der Waals surface area contributed by atoms with E-state index in [0.717, 1.165) is 37.9 Å². The Morgan fingerprint density at radius 3 is 2.52 bits per heavy atom. The van der Waals surface area contributed by atoms with Gasteiger partial charge in [0.05, 0.1) is 17.2 Å². The van der Waals surface area contributed by atoms with E-state index in [1.807, 2.05) is 38.1 Å². The molecule has 0 amide bonds. The fourth-order valence-corrected chi connectivity index (χ4v) is 4.95. The number of halogens is 3. The Bertz CT molecular complexity index is 1180. The highest BCUT2D eigenvalue weighted by atomic mass is 32.2. The number of hydrogen-bond acceptors (Lipinski definition) is 5. The Labute approximate surface area is 173 Å². The Kier molecular flexibility index (Phi) is 5.12. The van der Waals surface area contributed by atoms with Crippen molar-refractivity contribution in [2.45, 2.75) is 25.0 Å². The molecule has 0 bridgehead atoms. The van der Waals surface area contributed by atoms with Crippen LogP contribution < -0.4 is 0 Å². The van der Waals surface area contributed by atoms with Crippen LogP contribution in [0.1, 0.15) is 18.2 Å². The molecule has 0 fully saturated rings. The van der Waals surface area contributed by atoms with Crippen LogP contribution in [0, 0.1) is 6.92 Å². The monoisotopic (exact) mass is 434 g/mol. The Hall–Kier alpha value is -2.39. The zero-order valence-electron chi connectivity index (χ0n) is 15.9. The van der Waals surface area contributed by atoms with E-state index >= 15 is 0 Å². The summed E-state index contributed by atoms with van der Waals surface area (Å²) in [6.07, 6.45) is -3.28. The first-order valence-electron chi connectivity index (χ1n) is 8.88. The van der Waals surface area contributed by atoms with Crippen molar-refractivity contribution < 1.29 is 13.2 Å². The average molecular weight is 435 g/mol. The molecule has 4 rings (SSSR count). The van der Waals surface area contributed by atoms with E-state index in [9.17, 15) is 13.2 Å². The second-order valence-corrected chi connectivity index (χ2v) is 8.75. The maximum absolute atomic E-state index is 13.0. The summed E-state index contributed by atoms with van der Waals surface area (Å²) in [5.74, 6) is 1.42. The van der Waals surface area contributed by atoms with Gasteiger partial charge in [-0.05, 0) is 18.7 Å². The molecule has 9 heteroatoms. The van der Waals surface area contributed by atoms with Crippen LogP contribution >= 0.6 is 23.1 Å². The van der Waals surface area contributed by atoms with E-state index in [0.29, 0.717) is 11.3 Å². The minimum absolute atomic E-state index is 0.266. The molecule has 0 atom stereocenters. The van der Waals surface area contributed by atoms with E-state index in [2.05, 4.69) is 9.97 Å². The topological polar surface area (TPSA) is 43.6 Å². The van der Waals surface area contributed by atoms with Crippen LogP contribution in [-0.2, 0) is 13.2 Å². The highest BCUT2D eigenvalue weighted by Gasteiger charge is 2.33. The van der Waals surface area contributed by atoms with E-state index in [1.54, 1.807) is 23.4 Å². The maximum Gasteiger partial charge on any atom is 0.433 e. The molecule has 3 aromatic heterocycles. The minimum Gasteiger partial charge on any atom is -0.325 e. The third kappa shape index (κ3) is 3.76. The van der Waals surface area contributed by atoms with Crippen molar-refractivity contribution in [2.75, 3.05) is 5.75 Å². The molecule has 0 aliphatic heterocycles. The van der Waals surface area contributed by atoms with E-state index in [4.69, 9.17) is 4.98 Å². The van der Waals surface area contributed by atoms with Crippen LogP contribution in [0.15, 0.2) is 41.6 Å². The number of fused-ring (bicyclic) bond motifs is 1. The lowest BCUT2D eigenvalue weighted by Crippen LogP contribution is -2.07. The number of rotatable bonds is 4. The zero-order chi connectivity index (χ0) is 20.8. The number of benzene rings is 1. The normalized spacial score (nSPS) is 12.1. The van der Waals surface area contributed by atoms with Gasteiger partial charge in [0.2, 0.25) is 0 Å². The fraction of sp³-hybridized carbons (Fsp3) is 0.250. The molecule has 0 aliphatic carbocycles. The van der Waals surface area contributed by atoms with Gasteiger partial charge >= 0.3 is 6.18 Å². The van der Waals surface area contributed by atoms with Gasteiger partial charge in [0.15, 0.2) is 5.82 Å². The lowest BCUT2D eigenvalue weighted by molar-refractivity contribution is -0.141. The largest absolute Gasteiger partial charge is 0.433 e. The van der Waals surface area contributed by atoms with Crippen molar-refractivity contribution >= 4 is 34.1 Å². The summed E-state index contributed by atoms with van der Waals surface area (Å²) in [5.41, 5.74) is 2.04. The van der Waals surface area contributed by atoms with Crippen molar-refractivity contribution in [1.29, 1.82) is 0 Å². The van der Waals surface area contributed by atoms with Crippen molar-refractivity contribution in [3.63, 3.8) is 0 Å². The van der Waals surface area contributed by atoms with Crippen molar-refractivity contribution in [2.24, 2.45) is 7.05 Å². The third-order valence-corrected chi connectivity index (χ3v) is 6.52. The molecule has 29 heavy (non-hydrogen) atoms. The van der Waals surface area contributed by atoms with Crippen LogP contribution in [-0.4, -0.2) is 25.3 Å². The smallest absolute Gasteiger partial charge is 0.325 e. The van der Waals surface area contributed by atoms with E-state index < -0.39 is 11.9 Å². The van der Waals surface area contributed by atoms with Crippen LogP contribution in [0.3, 0.4) is 0 Å². The number of alkyl halides is 3. The number of nitrogens with zero attached hydrogens (tertiary/aromatic N) is 4. The van der Waals surface area contributed by atoms with Gasteiger partial charge in [-0.2, -0.15) is 13.2 Å². The Balaban J connectivity index is 1.85. The molecule has 0 spiro atoms. The van der Waals surface area contributed by atoms with Crippen molar-refractivity contribution in [1.82, 2.24) is 19.5 Å². The maximum atomic E-state index is 13.0. The summed E-state index contributed by atoms with van der Waals surface area (Å²) in [4.78, 5) is 13.7. The summed E-state index contributed by atoms with van der Waals surface area (Å²) < 4.78 is 40.8. The second kappa shape index (κ2) is 7.46. The lowest BCUT2D eigenvalue weighted by atomic mass is 10.2. The van der Waals surface area contributed by atoms with Crippen LogP contribution in [0.4, 0.5) is 13.2 Å². The lowest BCUT2D eigenvalue weighted by Gasteiger charge is -2.04. The second-order valence-electron chi connectivity index (χ2n) is 6.50. The van der Waals surface area contributed by atoms with Crippen LogP contribution in [0.2, 0.25) is 0 Å². The molecule has 0 aliphatic rings. The molecule has 0 N–H and O–H groups in total. The summed E-state index contributed by atoms with van der Waals surface area (Å²) in [5, 5.41) is 1.69. The molecule has 3 heterocycles. The van der Waals surface area contributed by atoms with Gasteiger partial charge in [-0.15, -0.1) is 23.1 Å². The third-order valence-electron chi connectivity index (χ3n) is 4.44. The minimum atomic E-state index is -4.50. The molecule has 0 saturated heterocycles. The van der Waals surface area contributed by atoms with Gasteiger partial charge in [0.25, 0.3) is 0 Å². The summed E-state index contributed by atoms with van der Waals surface area (Å²) >= 11 is 3.08. The fourth-order valence-electron chi connectivity index (χ4n) is 2.95. The predicted octanol–water partition coefficient (Wildman–Crippen LogP) is 6.20. The average Bonchev–Trinajstić information content (AvgIpc) is 3.23. The van der Waals surface area contributed by atoms with Crippen molar-refractivity contribution in [3.05, 3.63) is 47.8 Å². The molecule has 0 saturated carbocycles. The highest BCUT2D eigenvalue weighted by molar-refractivity contribution is 7.99. The summed E-state index contributed by atoms with van der Waals surface area (Å²) in [6.45, 7) is 4.06. The van der Waals surface area contributed by atoms with Gasteiger partial charge in [-0.3, -0.25) is 0 Å². The quantitative estimate of drug-likeness (QED) is 0.359. The highest BCUT2D eigenvalue weighted by Crippen LogP contribution is 2.41. The first-order chi connectivity index (χ1) is 13.8. The molecule has 150 valence electrons. The van der Waals surface area contributed by atoms with Gasteiger partial charge in [0.1, 0.15) is 20.6 Å². The summed E-state index contributed by atoms with van der Waals surface area (Å²) in [7, 11) is 1.78. The zero-order valence-corrected chi connectivity index (χ0v) is 17.5. The number of thiazole rings is 1. The standard InChI is InChI=1S/C20H17F3N4S2/c1-4-28-19-16(29-18(26-19)12-7-5-11(2)6-8-12)17-25-13-9-15(20(21,22)23)24-10-14(13)27(17)3/h5-10H,4H2,1-3H3. The predicted molar refractivity (Wildman–Crippen MR) is 111 cm³/mol. The SMILES string of the molecule is CCSc1nc(-c2ccc(C)cc2)sc1-c1nc2cc(C(F)(F)F)ncc2n1C. The molecular formula is C20H17F3N4S2. The molecule has 4 nitrogen and oxygen atoms in total. The Morgan fingerprint density at radius 1 is 1.14 bits per heavy atom. The first kappa shape index (κ1) is 19.9. The van der Waals surface area contributed by atoms with Gasteiger partial charge in [-0.1, -0.05) is 36.8 Å². The first-order valence-corrected chi connectivity index (χ1v) is 10.7. The Morgan fingerprint density at radius 2 is 1.86 bits per heavy atom. The molecule has 0 unspecified atom stereocenters. The number of pyridine rings is 1.